The van der Waals surface area contributed by atoms with Crippen molar-refractivity contribution in [2.75, 3.05) is 58.5 Å². The average Bonchev–Trinajstić information content (AvgIpc) is 3.51. The van der Waals surface area contributed by atoms with E-state index in [1.54, 1.807) is 104 Å². The van der Waals surface area contributed by atoms with E-state index in [0.29, 0.717) is 67.7 Å². The van der Waals surface area contributed by atoms with Gasteiger partial charge in [0.1, 0.15) is 40.4 Å². The maximum Gasteiger partial charge on any atom is 2.00 e. The number of hydrogen-bond acceptors (Lipinski definition) is 10. The molecule has 0 unspecified atom stereocenters. The van der Waals surface area contributed by atoms with Gasteiger partial charge in [0.15, 0.2) is 25.6 Å². The van der Waals surface area contributed by atoms with E-state index >= 15 is 0 Å². The van der Waals surface area contributed by atoms with Crippen LogP contribution in [0.3, 0.4) is 0 Å². The topological polar surface area (TPSA) is 170 Å². The number of rotatable bonds is 14. The number of fused-ring (bicyclic) bond motifs is 3. The molecule has 0 saturated carbocycles. The summed E-state index contributed by atoms with van der Waals surface area (Å²) >= 11 is 5.85. The molecule has 0 radical (unpaired) electrons. The van der Waals surface area contributed by atoms with E-state index in [-0.39, 0.29) is 44.6 Å². The quantitative estimate of drug-likeness (QED) is 0.0117. The largest absolute Gasteiger partial charge is 2.00 e. The number of nitro benzene ring substituents is 1. The number of nitro groups is 1. The van der Waals surface area contributed by atoms with Crippen molar-refractivity contribution in [2.45, 2.75) is 17.7 Å². The van der Waals surface area contributed by atoms with Crippen molar-refractivity contribution < 1.29 is 67.0 Å². The summed E-state index contributed by atoms with van der Waals surface area (Å²) in [6, 6.07) is 58.0. The number of ether oxygens (including phenoxy) is 2. The second-order valence-corrected chi connectivity index (χ2v) is 19.2. The minimum atomic E-state index is -4.26. The van der Waals surface area contributed by atoms with Gasteiger partial charge in [0.05, 0.1) is 35.0 Å². The van der Waals surface area contributed by atoms with E-state index in [1.165, 1.54) is 36.4 Å². The number of hydrogen-bond donors (Lipinski definition) is 0. The van der Waals surface area contributed by atoms with Gasteiger partial charge in [-0.2, -0.15) is 35.9 Å². The van der Waals surface area contributed by atoms with Crippen LogP contribution >= 0.6 is 11.6 Å². The van der Waals surface area contributed by atoms with Crippen LogP contribution in [0.1, 0.15) is 31.8 Å². The van der Waals surface area contributed by atoms with E-state index in [4.69, 9.17) is 21.1 Å². The molecule has 0 atom stereocenters. The molecule has 6 aromatic carbocycles. The molecule has 14 nitrogen and oxygen atoms in total. The molecule has 0 spiro atoms. The second kappa shape index (κ2) is 31.5. The third kappa shape index (κ3) is 19.7. The molecule has 78 heavy (non-hydrogen) atoms. The molecule has 0 amide bonds. The first-order chi connectivity index (χ1) is 37.3. The molecule has 406 valence electrons. The standard InChI is InChI=1S/C17H12N3O4S.C15H13FO2.C15H13O2.C7H14ClFN2.C5H5N.Ni/c21-20(22)16-10-3-4-11-17(16)25(23,24)19-15-9-2-1-7-13(15)14-8-5-6-12-18-14;16-14-8-6-12(7-9-14)10-11-18-15(17)13-4-2-1-3-5-13;16-15(14-9-5-2-6-10-14)17-12-11-13-7-3-1-4-8-13;8-7-10-1-4-11(9,5-2-10)6-3-10;1-2-4-6-5-3-1;/h1-12H;1-9H,10-11H2;2-10H,11-12H2;1-7H2;1-5H;/q-1;;-1;+2;;+2. The van der Waals surface area contributed by atoms with Gasteiger partial charge in [0, 0.05) is 31.1 Å². The molecular weight excluding hydrogens is 1080 g/mol. The van der Waals surface area contributed by atoms with Crippen molar-refractivity contribution in [3.63, 3.8) is 0 Å². The third-order valence-corrected chi connectivity index (χ3v) is 14.0. The Bertz CT molecular complexity index is 3130. The molecule has 19 heteroatoms. The number of sulfonamides is 1. The first-order valence-corrected chi connectivity index (χ1v) is 26.4. The Labute approximate surface area is 468 Å². The van der Waals surface area contributed by atoms with Gasteiger partial charge in [0.25, 0.3) is 5.69 Å². The Morgan fingerprint density at radius 2 is 1.13 bits per heavy atom. The predicted octanol–water partition coefficient (Wildman–Crippen LogP) is 12.0. The molecule has 3 fully saturated rings. The number of quaternary nitrogens is 2. The number of carbonyl (C=O) groups excluding carboxylic acids is 2. The molecule has 2 bridgehead atoms. The van der Waals surface area contributed by atoms with Crippen LogP contribution in [0.4, 0.5) is 20.2 Å². The van der Waals surface area contributed by atoms with Crippen LogP contribution < -0.4 is 0 Å². The van der Waals surface area contributed by atoms with Crippen molar-refractivity contribution >= 4 is 44.9 Å². The second-order valence-electron chi connectivity index (χ2n) is 17.4. The summed E-state index contributed by atoms with van der Waals surface area (Å²) in [4.78, 5) is 41.1. The van der Waals surface area contributed by atoms with Crippen molar-refractivity contribution in [3.8, 4) is 11.3 Å². The van der Waals surface area contributed by atoms with Gasteiger partial charge >= 0.3 is 28.4 Å². The average molecular weight is 1140 g/mol. The number of pyridine rings is 2. The number of para-hydroxylation sites is 1. The molecule has 2 aromatic heterocycles. The third-order valence-electron chi connectivity index (χ3n) is 12.1. The number of aromatic nitrogens is 2. The summed E-state index contributed by atoms with van der Waals surface area (Å²) in [5.74, 6) is -0.870. The van der Waals surface area contributed by atoms with E-state index in [0.717, 1.165) is 47.7 Å². The number of benzene rings is 6. The van der Waals surface area contributed by atoms with Crippen molar-refractivity contribution in [1.82, 2.24) is 9.97 Å². The number of alkyl halides is 1. The normalized spacial score (nSPS) is 15.6. The molecule has 0 aliphatic carbocycles. The Kier molecular flexibility index (Phi) is 24.7. The number of carbonyl (C=O) groups is 2. The monoisotopic (exact) mass is 1140 g/mol. The number of esters is 2. The van der Waals surface area contributed by atoms with E-state index < -0.39 is 25.5 Å². The van der Waals surface area contributed by atoms with Crippen LogP contribution in [0.15, 0.2) is 218 Å². The van der Waals surface area contributed by atoms with Gasteiger partial charge in [-0.25, -0.2) is 22.4 Å². The molecule has 3 aliphatic heterocycles. The van der Waals surface area contributed by atoms with Crippen molar-refractivity contribution in [3.05, 3.63) is 262 Å². The van der Waals surface area contributed by atoms with Crippen LogP contribution in [0, 0.1) is 22.0 Å². The first kappa shape index (κ1) is 61.1. The maximum atomic E-state index is 13.5. The molecule has 3 saturated heterocycles. The van der Waals surface area contributed by atoms with Gasteiger partial charge in [-0.3, -0.25) is 24.6 Å². The van der Waals surface area contributed by atoms with Crippen LogP contribution in [-0.4, -0.2) is 103 Å². The first-order valence-electron chi connectivity index (χ1n) is 24.5. The summed E-state index contributed by atoms with van der Waals surface area (Å²) in [6.07, 6.45) is 6.40. The van der Waals surface area contributed by atoms with Crippen molar-refractivity contribution in [1.29, 1.82) is 0 Å². The summed E-state index contributed by atoms with van der Waals surface area (Å²) in [6.45, 7) is 5.50. The van der Waals surface area contributed by atoms with Gasteiger partial charge < -0.3 is 14.2 Å². The Morgan fingerprint density at radius 1 is 0.641 bits per heavy atom. The zero-order chi connectivity index (χ0) is 54.8. The summed E-state index contributed by atoms with van der Waals surface area (Å²) in [5, 5.41) is 11.1. The van der Waals surface area contributed by atoms with Crippen LogP contribution in [-0.2, 0) is 48.8 Å². The number of halogens is 3. The molecule has 8 aromatic rings. The zero-order valence-corrected chi connectivity index (χ0v) is 44.9. The van der Waals surface area contributed by atoms with Gasteiger partial charge in [-0.1, -0.05) is 109 Å². The Hall–Kier alpha value is -7.73. The summed E-state index contributed by atoms with van der Waals surface area (Å²) < 4.78 is 66.3. The molecule has 3 aliphatic rings. The van der Waals surface area contributed by atoms with Gasteiger partial charge in [-0.15, -0.1) is 10.4 Å². The Balaban J connectivity index is 0.000000189. The van der Waals surface area contributed by atoms with E-state index in [9.17, 15) is 37.0 Å². The number of piperazine rings is 3. The number of nitrogens with zero attached hydrogens (tertiary/aromatic N) is 6. The zero-order valence-electron chi connectivity index (χ0n) is 42.3. The molecule has 5 heterocycles. The van der Waals surface area contributed by atoms with Gasteiger partial charge in [0.2, 0.25) is 0 Å². The van der Waals surface area contributed by atoms with E-state index in [2.05, 4.69) is 20.8 Å². The fraction of sp³-hybridized carbons (Fsp3) is 0.186. The fourth-order valence-corrected chi connectivity index (χ4v) is 9.24. The SMILES string of the molecule is F[N+]12CC[N+](CCl)(CC1)CC2.O=C(OCCc1cc[c-]cc1)c1ccccc1.O=C(OCCc1ccc(F)cc1)c1ccccc1.O=[N+]([O-])c1ccccc1S(=O)(=O)[N-]c1ccccc1-c1ccccn1.[Ni+2].c1ccncc1. The molecule has 11 rings (SSSR count). The molecule has 0 N–H and O–H groups in total. The Morgan fingerprint density at radius 3 is 1.63 bits per heavy atom. The smallest absolute Gasteiger partial charge is 0.572 e. The summed E-state index contributed by atoms with van der Waals surface area (Å²) in [5.41, 5.74) is 3.94. The van der Waals surface area contributed by atoms with Crippen LogP contribution in [0.25, 0.3) is 16.0 Å². The summed E-state index contributed by atoms with van der Waals surface area (Å²) in [7, 11) is -4.26. The van der Waals surface area contributed by atoms with Gasteiger partial charge in [-0.05, 0) is 88.8 Å². The maximum absolute atomic E-state index is 13.5. The minimum Gasteiger partial charge on any atom is -0.572 e. The van der Waals surface area contributed by atoms with Crippen molar-refractivity contribution in [2.24, 2.45) is 0 Å². The van der Waals surface area contributed by atoms with Crippen LogP contribution in [0.5, 0.6) is 0 Å². The minimum absolute atomic E-state index is 0. The van der Waals surface area contributed by atoms with Crippen LogP contribution in [0.2, 0.25) is 0 Å². The van der Waals surface area contributed by atoms with E-state index in [1.807, 2.05) is 66.7 Å². The predicted molar refractivity (Wildman–Crippen MR) is 291 cm³/mol. The molecular formula is C59H57ClF2N6NiO8S+2. The fourth-order valence-electron chi connectivity index (χ4n) is 7.71.